The molecule has 1 aromatic heterocycles. The zero-order chi connectivity index (χ0) is 18.7. The molecule has 0 saturated carbocycles. The minimum absolute atomic E-state index is 0.188. The van der Waals surface area contributed by atoms with Crippen LogP contribution in [0.15, 0.2) is 66.9 Å². The third kappa shape index (κ3) is 6.68. The predicted octanol–water partition coefficient (Wildman–Crippen LogP) is 5.79. The van der Waals surface area contributed by atoms with Gasteiger partial charge in [-0.2, -0.15) is 0 Å². The Morgan fingerprint density at radius 3 is 2.04 bits per heavy atom. The van der Waals surface area contributed by atoms with E-state index in [2.05, 4.69) is 30.1 Å². The third-order valence-corrected chi connectivity index (χ3v) is 3.32. The van der Waals surface area contributed by atoms with Gasteiger partial charge in [-0.05, 0) is 49.2 Å². The molecule has 0 bridgehead atoms. The second-order valence-electron chi connectivity index (χ2n) is 5.26. The van der Waals surface area contributed by atoms with Gasteiger partial charge in [0.25, 0.3) is 0 Å². The summed E-state index contributed by atoms with van der Waals surface area (Å²) in [7, 11) is 1.54. The monoisotopic (exact) mass is 337 g/mol. The van der Waals surface area contributed by atoms with Crippen molar-refractivity contribution in [2.24, 2.45) is 0 Å². The van der Waals surface area contributed by atoms with E-state index in [4.69, 9.17) is 9.84 Å². The van der Waals surface area contributed by atoms with E-state index in [0.29, 0.717) is 5.75 Å². The highest BCUT2D eigenvalue weighted by Crippen LogP contribution is 2.25. The molecule has 0 spiro atoms. The van der Waals surface area contributed by atoms with Crippen molar-refractivity contribution in [1.29, 1.82) is 0 Å². The van der Waals surface area contributed by atoms with Gasteiger partial charge in [0.1, 0.15) is 0 Å². The quantitative estimate of drug-likeness (QED) is 0.643. The fraction of sp³-hybridized carbons (Fsp3) is 0.227. The van der Waals surface area contributed by atoms with Gasteiger partial charge in [0.05, 0.1) is 12.8 Å². The molecule has 0 unspecified atom stereocenters. The summed E-state index contributed by atoms with van der Waals surface area (Å²) >= 11 is 0. The number of phenols is 1. The number of benzene rings is 2. The maximum Gasteiger partial charge on any atom is 0.160 e. The predicted molar refractivity (Wildman–Crippen MR) is 105 cm³/mol. The number of pyridine rings is 1. The van der Waals surface area contributed by atoms with E-state index in [1.807, 2.05) is 57.3 Å². The Labute approximate surface area is 151 Å². The summed E-state index contributed by atoms with van der Waals surface area (Å²) in [6.07, 6.45) is 1.84. The van der Waals surface area contributed by atoms with E-state index < -0.39 is 0 Å². The Bertz CT molecular complexity index is 755. The standard InChI is InChI=1S/C12H11N.C8H10O2.C2H6/c1-10-7-8-13-12(9-10)11-5-3-2-4-6-11;1-6-3-4-7(9)8(5-6)10-2;1-2/h2-9H,1H3;3-5,9H,1-2H3;1-2H3. The number of methoxy groups -OCH3 is 1. The first-order valence-electron chi connectivity index (χ1n) is 8.42. The summed E-state index contributed by atoms with van der Waals surface area (Å²) in [5.41, 5.74) is 4.54. The summed E-state index contributed by atoms with van der Waals surface area (Å²) in [6, 6.07) is 19.5. The molecular formula is C22H27NO2. The van der Waals surface area contributed by atoms with E-state index in [1.54, 1.807) is 12.1 Å². The van der Waals surface area contributed by atoms with Gasteiger partial charge >= 0.3 is 0 Å². The Morgan fingerprint density at radius 1 is 0.840 bits per heavy atom. The van der Waals surface area contributed by atoms with Crippen LogP contribution in [0.25, 0.3) is 11.3 Å². The van der Waals surface area contributed by atoms with Crippen LogP contribution in [-0.4, -0.2) is 17.2 Å². The first-order chi connectivity index (χ1) is 12.1. The number of aromatic nitrogens is 1. The Kier molecular flexibility index (Phi) is 8.80. The van der Waals surface area contributed by atoms with Crippen molar-refractivity contribution in [1.82, 2.24) is 4.98 Å². The van der Waals surface area contributed by atoms with Crippen LogP contribution in [0, 0.1) is 13.8 Å². The van der Waals surface area contributed by atoms with Crippen molar-refractivity contribution in [3.8, 4) is 22.8 Å². The number of phenolic OH excluding ortho intramolecular Hbond substituents is 1. The average Bonchev–Trinajstić information content (AvgIpc) is 2.66. The van der Waals surface area contributed by atoms with E-state index in [0.717, 1.165) is 11.3 Å². The first-order valence-corrected chi connectivity index (χ1v) is 8.42. The van der Waals surface area contributed by atoms with E-state index in [1.165, 1.54) is 18.2 Å². The molecule has 0 atom stereocenters. The number of ether oxygens (including phenoxy) is 1. The molecule has 3 rings (SSSR count). The molecule has 1 heterocycles. The Balaban J connectivity index is 0.000000235. The van der Waals surface area contributed by atoms with Crippen molar-refractivity contribution in [2.45, 2.75) is 27.7 Å². The molecule has 0 aliphatic carbocycles. The molecule has 0 saturated heterocycles. The molecule has 0 aliphatic heterocycles. The second kappa shape index (κ2) is 10.9. The highest BCUT2D eigenvalue weighted by molar-refractivity contribution is 5.59. The van der Waals surface area contributed by atoms with Gasteiger partial charge in [-0.3, -0.25) is 4.98 Å². The lowest BCUT2D eigenvalue weighted by atomic mass is 10.1. The molecular weight excluding hydrogens is 310 g/mol. The van der Waals surface area contributed by atoms with Crippen LogP contribution >= 0.6 is 0 Å². The lowest BCUT2D eigenvalue weighted by Crippen LogP contribution is -1.83. The SMILES string of the molecule is CC.COc1cc(C)ccc1O.Cc1ccnc(-c2ccccc2)c1. The van der Waals surface area contributed by atoms with Gasteiger partial charge in [-0.25, -0.2) is 0 Å². The molecule has 0 radical (unpaired) electrons. The topological polar surface area (TPSA) is 42.4 Å². The Morgan fingerprint density at radius 2 is 1.48 bits per heavy atom. The maximum atomic E-state index is 9.11. The van der Waals surface area contributed by atoms with E-state index in [9.17, 15) is 0 Å². The molecule has 3 aromatic rings. The fourth-order valence-electron chi connectivity index (χ4n) is 2.09. The first kappa shape index (κ1) is 20.2. The smallest absolute Gasteiger partial charge is 0.160 e. The largest absolute Gasteiger partial charge is 0.504 e. The van der Waals surface area contributed by atoms with Gasteiger partial charge in [-0.1, -0.05) is 50.2 Å². The summed E-state index contributed by atoms with van der Waals surface area (Å²) in [5, 5.41) is 9.11. The molecule has 0 amide bonds. The summed E-state index contributed by atoms with van der Waals surface area (Å²) in [5.74, 6) is 0.716. The van der Waals surface area contributed by atoms with Crippen LogP contribution in [0.5, 0.6) is 11.5 Å². The van der Waals surface area contributed by atoms with E-state index in [-0.39, 0.29) is 5.75 Å². The zero-order valence-electron chi connectivity index (χ0n) is 15.7. The van der Waals surface area contributed by atoms with Crippen LogP contribution in [-0.2, 0) is 0 Å². The van der Waals surface area contributed by atoms with Crippen molar-refractivity contribution in [3.63, 3.8) is 0 Å². The van der Waals surface area contributed by atoms with Crippen molar-refractivity contribution in [3.05, 3.63) is 78.0 Å². The van der Waals surface area contributed by atoms with Gasteiger partial charge in [0.15, 0.2) is 11.5 Å². The average molecular weight is 337 g/mol. The van der Waals surface area contributed by atoms with Gasteiger partial charge in [-0.15, -0.1) is 0 Å². The Hall–Kier alpha value is -2.81. The molecule has 132 valence electrons. The minimum atomic E-state index is 0.188. The lowest BCUT2D eigenvalue weighted by Gasteiger charge is -2.02. The van der Waals surface area contributed by atoms with Crippen LogP contribution in [0.4, 0.5) is 0 Å². The third-order valence-electron chi connectivity index (χ3n) is 3.32. The number of rotatable bonds is 2. The zero-order valence-corrected chi connectivity index (χ0v) is 15.7. The van der Waals surface area contributed by atoms with E-state index >= 15 is 0 Å². The molecule has 1 N–H and O–H groups in total. The van der Waals surface area contributed by atoms with Crippen LogP contribution in [0.3, 0.4) is 0 Å². The molecule has 25 heavy (non-hydrogen) atoms. The van der Waals surface area contributed by atoms with Crippen molar-refractivity contribution >= 4 is 0 Å². The lowest BCUT2D eigenvalue weighted by molar-refractivity contribution is 0.373. The number of aromatic hydroxyl groups is 1. The molecule has 3 heteroatoms. The number of nitrogens with zero attached hydrogens (tertiary/aromatic N) is 1. The van der Waals surface area contributed by atoms with Gasteiger partial charge < -0.3 is 9.84 Å². The van der Waals surface area contributed by atoms with Crippen molar-refractivity contribution < 1.29 is 9.84 Å². The summed E-state index contributed by atoms with van der Waals surface area (Å²) < 4.78 is 4.88. The van der Waals surface area contributed by atoms with Crippen molar-refractivity contribution in [2.75, 3.05) is 7.11 Å². The van der Waals surface area contributed by atoms with Gasteiger partial charge in [0, 0.05) is 11.8 Å². The molecule has 0 fully saturated rings. The fourth-order valence-corrected chi connectivity index (χ4v) is 2.09. The second-order valence-corrected chi connectivity index (χ2v) is 5.26. The highest BCUT2D eigenvalue weighted by Gasteiger charge is 1.98. The van der Waals surface area contributed by atoms with Crippen LogP contribution in [0.2, 0.25) is 0 Å². The number of aryl methyl sites for hydroxylation is 2. The minimum Gasteiger partial charge on any atom is -0.504 e. The number of hydrogen-bond acceptors (Lipinski definition) is 3. The molecule has 0 aliphatic rings. The number of hydrogen-bond donors (Lipinski definition) is 1. The van der Waals surface area contributed by atoms with Crippen LogP contribution in [0.1, 0.15) is 25.0 Å². The van der Waals surface area contributed by atoms with Gasteiger partial charge in [0.2, 0.25) is 0 Å². The summed E-state index contributed by atoms with van der Waals surface area (Å²) in [4.78, 5) is 4.31. The highest BCUT2D eigenvalue weighted by atomic mass is 16.5. The molecule has 2 aromatic carbocycles. The normalized spacial score (nSPS) is 9.16. The van der Waals surface area contributed by atoms with Crippen LogP contribution < -0.4 is 4.74 Å². The molecule has 3 nitrogen and oxygen atoms in total. The maximum absolute atomic E-state index is 9.11. The summed E-state index contributed by atoms with van der Waals surface area (Å²) in [6.45, 7) is 8.02.